The van der Waals surface area contributed by atoms with Crippen molar-refractivity contribution in [3.8, 4) is 0 Å². The largest absolute Gasteiger partial charge is 0.481 e. The van der Waals surface area contributed by atoms with Gasteiger partial charge in [-0.3, -0.25) is 4.79 Å². The number of hydrogen-bond donors (Lipinski definition) is 1. The molecule has 0 aliphatic carbocycles. The van der Waals surface area contributed by atoms with E-state index in [0.717, 1.165) is 5.65 Å². The van der Waals surface area contributed by atoms with Crippen LogP contribution in [0.4, 0.5) is 4.39 Å². The van der Waals surface area contributed by atoms with Gasteiger partial charge < -0.3 is 9.51 Å². The van der Waals surface area contributed by atoms with Gasteiger partial charge in [-0.15, -0.1) is 0 Å². The van der Waals surface area contributed by atoms with Gasteiger partial charge in [0.05, 0.1) is 11.6 Å². The van der Waals surface area contributed by atoms with Crippen molar-refractivity contribution < 1.29 is 14.3 Å². The first-order chi connectivity index (χ1) is 10.1. The van der Waals surface area contributed by atoms with Gasteiger partial charge in [0.15, 0.2) is 0 Å². The van der Waals surface area contributed by atoms with Crippen molar-refractivity contribution in [2.45, 2.75) is 12.3 Å². The van der Waals surface area contributed by atoms with Crippen LogP contribution >= 0.6 is 0 Å². The predicted molar refractivity (Wildman–Crippen MR) is 75.7 cm³/mol. The summed E-state index contributed by atoms with van der Waals surface area (Å²) >= 11 is 0. The molecule has 2 heterocycles. The lowest BCUT2D eigenvalue weighted by Crippen LogP contribution is -2.14. The van der Waals surface area contributed by atoms with E-state index in [1.807, 2.05) is 35.0 Å². The van der Waals surface area contributed by atoms with Crippen molar-refractivity contribution >= 4 is 11.6 Å². The normalized spacial score (nSPS) is 12.4. The van der Waals surface area contributed by atoms with Gasteiger partial charge in [-0.25, -0.2) is 9.37 Å². The Morgan fingerprint density at radius 3 is 2.67 bits per heavy atom. The first kappa shape index (κ1) is 13.3. The number of aliphatic carboxylic acids is 1. The summed E-state index contributed by atoms with van der Waals surface area (Å²) in [5.41, 5.74) is 2.04. The maximum Gasteiger partial charge on any atom is 0.311 e. The smallest absolute Gasteiger partial charge is 0.311 e. The van der Waals surface area contributed by atoms with E-state index in [1.165, 1.54) is 24.3 Å². The van der Waals surface area contributed by atoms with E-state index in [4.69, 9.17) is 0 Å². The summed E-state index contributed by atoms with van der Waals surface area (Å²) in [6.45, 7) is 0. The molecule has 0 bridgehead atoms. The number of nitrogens with zero attached hydrogens (tertiary/aromatic N) is 2. The Hall–Kier alpha value is -2.69. The summed E-state index contributed by atoms with van der Waals surface area (Å²) in [4.78, 5) is 15.9. The number of carbonyl (C=O) groups is 1. The zero-order chi connectivity index (χ0) is 14.8. The van der Waals surface area contributed by atoms with Gasteiger partial charge in [-0.1, -0.05) is 18.2 Å². The molecule has 0 aliphatic heterocycles. The Kier molecular flexibility index (Phi) is 3.39. The molecule has 0 spiro atoms. The van der Waals surface area contributed by atoms with Crippen LogP contribution < -0.4 is 0 Å². The molecule has 5 heteroatoms. The average molecular weight is 284 g/mol. The first-order valence-corrected chi connectivity index (χ1v) is 6.54. The minimum absolute atomic E-state index is 0.267. The Morgan fingerprint density at radius 1 is 1.24 bits per heavy atom. The fraction of sp³-hybridized carbons (Fsp3) is 0.125. The highest BCUT2D eigenvalue weighted by Crippen LogP contribution is 2.21. The van der Waals surface area contributed by atoms with E-state index >= 15 is 0 Å². The minimum atomic E-state index is -0.946. The predicted octanol–water partition coefficient (Wildman–Crippen LogP) is 2.88. The fourth-order valence-electron chi connectivity index (χ4n) is 2.34. The molecule has 1 N–H and O–H groups in total. The van der Waals surface area contributed by atoms with Crippen molar-refractivity contribution in [1.82, 2.24) is 9.38 Å². The number of aromatic nitrogens is 2. The Balaban J connectivity index is 1.91. The summed E-state index contributed by atoms with van der Waals surface area (Å²) in [5.74, 6) is -2.07. The number of carboxylic acids is 1. The highest BCUT2D eigenvalue weighted by Gasteiger charge is 2.21. The number of hydrogen-bond acceptors (Lipinski definition) is 2. The third-order valence-corrected chi connectivity index (χ3v) is 3.40. The van der Waals surface area contributed by atoms with Crippen molar-refractivity contribution in [1.29, 1.82) is 0 Å². The fourth-order valence-corrected chi connectivity index (χ4v) is 2.34. The summed E-state index contributed by atoms with van der Waals surface area (Å²) in [6, 6.07) is 11.2. The van der Waals surface area contributed by atoms with Gasteiger partial charge in [0.2, 0.25) is 0 Å². The molecule has 0 radical (unpaired) electrons. The van der Waals surface area contributed by atoms with Crippen LogP contribution in [-0.4, -0.2) is 20.5 Å². The molecule has 4 nitrogen and oxygen atoms in total. The van der Waals surface area contributed by atoms with Crippen LogP contribution in [0.1, 0.15) is 17.2 Å². The lowest BCUT2D eigenvalue weighted by molar-refractivity contribution is -0.138. The molecule has 0 aliphatic rings. The highest BCUT2D eigenvalue weighted by molar-refractivity contribution is 5.76. The van der Waals surface area contributed by atoms with Crippen molar-refractivity contribution in [3.63, 3.8) is 0 Å². The number of pyridine rings is 1. The number of halogens is 1. The average Bonchev–Trinajstić information content (AvgIpc) is 2.88. The number of rotatable bonds is 4. The van der Waals surface area contributed by atoms with Crippen molar-refractivity contribution in [2.75, 3.05) is 0 Å². The molecule has 0 saturated heterocycles. The van der Waals surface area contributed by atoms with E-state index in [0.29, 0.717) is 11.3 Å². The van der Waals surface area contributed by atoms with Crippen molar-refractivity contribution in [3.05, 3.63) is 71.9 Å². The van der Waals surface area contributed by atoms with Crippen LogP contribution in [0, 0.1) is 5.82 Å². The van der Waals surface area contributed by atoms with E-state index in [9.17, 15) is 14.3 Å². The van der Waals surface area contributed by atoms with Gasteiger partial charge in [0.1, 0.15) is 11.5 Å². The first-order valence-electron chi connectivity index (χ1n) is 6.54. The van der Waals surface area contributed by atoms with Crippen LogP contribution in [0.2, 0.25) is 0 Å². The van der Waals surface area contributed by atoms with Gasteiger partial charge in [-0.05, 0) is 29.8 Å². The zero-order valence-electron chi connectivity index (χ0n) is 11.1. The van der Waals surface area contributed by atoms with E-state index in [2.05, 4.69) is 4.98 Å². The van der Waals surface area contributed by atoms with Crippen LogP contribution in [0.3, 0.4) is 0 Å². The van der Waals surface area contributed by atoms with Gasteiger partial charge in [-0.2, -0.15) is 0 Å². The van der Waals surface area contributed by atoms with Crippen LogP contribution in [0.15, 0.2) is 54.9 Å². The summed E-state index contributed by atoms with van der Waals surface area (Å²) in [7, 11) is 0. The van der Waals surface area contributed by atoms with Crippen LogP contribution in [0.25, 0.3) is 5.65 Å². The number of fused-ring (bicyclic) bond motifs is 1. The molecule has 106 valence electrons. The van der Waals surface area contributed by atoms with Crippen LogP contribution in [0.5, 0.6) is 0 Å². The quantitative estimate of drug-likeness (QED) is 0.801. The second-order valence-electron chi connectivity index (χ2n) is 4.84. The number of benzene rings is 1. The third-order valence-electron chi connectivity index (χ3n) is 3.40. The number of carboxylic acid groups (broad SMARTS) is 1. The highest BCUT2D eigenvalue weighted by atomic mass is 19.1. The lowest BCUT2D eigenvalue weighted by atomic mass is 9.94. The van der Waals surface area contributed by atoms with E-state index < -0.39 is 11.9 Å². The summed E-state index contributed by atoms with van der Waals surface area (Å²) in [5, 5.41) is 9.40. The Bertz CT molecular complexity index is 747. The molecule has 3 aromatic rings. The molecular formula is C16H13FN2O2. The summed E-state index contributed by atoms with van der Waals surface area (Å²) in [6.07, 6.45) is 3.94. The summed E-state index contributed by atoms with van der Waals surface area (Å²) < 4.78 is 14.8. The SMILES string of the molecule is O=C(O)C(Cc1cn2ccccc2n1)c1ccc(F)cc1. The van der Waals surface area contributed by atoms with E-state index in [-0.39, 0.29) is 12.2 Å². The monoisotopic (exact) mass is 284 g/mol. The maximum atomic E-state index is 13.0. The van der Waals surface area contributed by atoms with Gasteiger partial charge in [0, 0.05) is 18.8 Å². The molecule has 1 unspecified atom stereocenters. The molecule has 21 heavy (non-hydrogen) atoms. The van der Waals surface area contributed by atoms with Crippen LogP contribution in [-0.2, 0) is 11.2 Å². The molecule has 0 amide bonds. The molecule has 0 saturated carbocycles. The van der Waals surface area contributed by atoms with Crippen molar-refractivity contribution in [2.24, 2.45) is 0 Å². The standard InChI is InChI=1S/C16H13FN2O2/c17-12-6-4-11(5-7-12)14(16(20)21)9-13-10-19-8-2-1-3-15(19)18-13/h1-8,10,14H,9H2,(H,20,21). The minimum Gasteiger partial charge on any atom is -0.481 e. The molecule has 3 rings (SSSR count). The second-order valence-corrected chi connectivity index (χ2v) is 4.84. The van der Waals surface area contributed by atoms with Gasteiger partial charge >= 0.3 is 5.97 Å². The van der Waals surface area contributed by atoms with E-state index in [1.54, 1.807) is 0 Å². The molecule has 1 atom stereocenters. The Morgan fingerprint density at radius 2 is 2.00 bits per heavy atom. The third kappa shape index (κ3) is 2.76. The molecular weight excluding hydrogens is 271 g/mol. The maximum absolute atomic E-state index is 13.0. The molecule has 0 fully saturated rings. The number of imidazole rings is 1. The second kappa shape index (κ2) is 5.36. The lowest BCUT2D eigenvalue weighted by Gasteiger charge is -2.11. The topological polar surface area (TPSA) is 54.6 Å². The zero-order valence-corrected chi connectivity index (χ0v) is 11.1. The van der Waals surface area contributed by atoms with Gasteiger partial charge in [0.25, 0.3) is 0 Å². The Labute approximate surface area is 120 Å². The molecule has 1 aromatic carbocycles. The molecule has 2 aromatic heterocycles.